The third kappa shape index (κ3) is 4.35. The van der Waals surface area contributed by atoms with Gasteiger partial charge in [-0.05, 0) is 37.1 Å². The van der Waals surface area contributed by atoms with Crippen LogP contribution in [0.2, 0.25) is 0 Å². The average molecular weight is 410 g/mol. The van der Waals surface area contributed by atoms with Gasteiger partial charge < -0.3 is 24.3 Å². The van der Waals surface area contributed by atoms with Gasteiger partial charge in [-0.15, -0.1) is 0 Å². The van der Waals surface area contributed by atoms with Crippen molar-refractivity contribution in [3.8, 4) is 5.75 Å². The van der Waals surface area contributed by atoms with Crippen molar-refractivity contribution >= 4 is 17.5 Å². The molecule has 2 heterocycles. The van der Waals surface area contributed by atoms with Crippen LogP contribution in [0.4, 0.5) is 5.69 Å². The molecule has 1 aliphatic rings. The van der Waals surface area contributed by atoms with Gasteiger partial charge in [-0.25, -0.2) is 0 Å². The summed E-state index contributed by atoms with van der Waals surface area (Å²) in [5.74, 6) is 0.999. The van der Waals surface area contributed by atoms with E-state index < -0.39 is 5.54 Å². The van der Waals surface area contributed by atoms with Crippen LogP contribution in [0.25, 0.3) is 0 Å². The van der Waals surface area contributed by atoms with E-state index in [0.29, 0.717) is 23.2 Å². The van der Waals surface area contributed by atoms with Gasteiger partial charge in [-0.3, -0.25) is 9.59 Å². The first-order valence-electron chi connectivity index (χ1n) is 9.74. The van der Waals surface area contributed by atoms with E-state index in [1.165, 1.54) is 6.26 Å². The molecule has 30 heavy (non-hydrogen) atoms. The minimum atomic E-state index is -0.614. The van der Waals surface area contributed by atoms with Gasteiger partial charge in [-0.1, -0.05) is 24.1 Å². The predicted molar refractivity (Wildman–Crippen MR) is 106 cm³/mol. The van der Waals surface area contributed by atoms with Crippen LogP contribution in [0.5, 0.6) is 5.75 Å². The number of hydrogen-bond acceptors (Lipinski definition) is 7. The molecule has 4 rings (SSSR count). The molecule has 0 unspecified atom stereocenters. The lowest BCUT2D eigenvalue weighted by atomic mass is 9.96. The van der Waals surface area contributed by atoms with E-state index in [9.17, 15) is 9.59 Å². The molecule has 0 radical (unpaired) electrons. The topological polar surface area (TPSA) is 119 Å². The molecule has 156 valence electrons. The Morgan fingerprint density at radius 3 is 2.73 bits per heavy atom. The summed E-state index contributed by atoms with van der Waals surface area (Å²) in [4.78, 5) is 29.0. The summed E-state index contributed by atoms with van der Waals surface area (Å²) in [6.07, 6.45) is 4.90. The third-order valence-corrected chi connectivity index (χ3v) is 5.00. The number of hydrogen-bond donors (Lipinski definition) is 2. The highest BCUT2D eigenvalue weighted by molar-refractivity contribution is 6.02. The molecule has 1 fully saturated rings. The molecule has 1 saturated carbocycles. The molecule has 1 aliphatic carbocycles. The molecule has 3 aromatic rings. The molecule has 9 heteroatoms. The molecule has 2 aromatic heterocycles. The van der Waals surface area contributed by atoms with Crippen LogP contribution in [0, 0.1) is 6.92 Å². The van der Waals surface area contributed by atoms with E-state index in [2.05, 4.69) is 20.8 Å². The lowest BCUT2D eigenvalue weighted by Crippen LogP contribution is -2.46. The van der Waals surface area contributed by atoms with Gasteiger partial charge in [0.1, 0.15) is 11.3 Å². The maximum atomic E-state index is 12.6. The molecule has 0 atom stereocenters. The van der Waals surface area contributed by atoms with Crippen LogP contribution in [0.1, 0.15) is 48.0 Å². The number of nitrogens with zero attached hydrogens (tertiary/aromatic N) is 2. The van der Waals surface area contributed by atoms with Gasteiger partial charge in [0.2, 0.25) is 5.89 Å². The Labute approximate surface area is 172 Å². The van der Waals surface area contributed by atoms with Crippen LogP contribution >= 0.6 is 0 Å². The van der Waals surface area contributed by atoms with E-state index in [1.807, 2.05) is 0 Å². The van der Waals surface area contributed by atoms with E-state index >= 15 is 0 Å². The fourth-order valence-corrected chi connectivity index (χ4v) is 3.59. The molecule has 9 nitrogen and oxygen atoms in total. The van der Waals surface area contributed by atoms with Gasteiger partial charge in [0.25, 0.3) is 11.8 Å². The highest BCUT2D eigenvalue weighted by Gasteiger charge is 2.41. The number of anilines is 1. The van der Waals surface area contributed by atoms with Gasteiger partial charge in [0, 0.05) is 18.7 Å². The summed E-state index contributed by atoms with van der Waals surface area (Å²) in [5, 5.41) is 9.76. The van der Waals surface area contributed by atoms with Gasteiger partial charge in [0.15, 0.2) is 18.2 Å². The predicted octanol–water partition coefficient (Wildman–Crippen LogP) is 3.19. The second-order valence-electron chi connectivity index (χ2n) is 7.22. The summed E-state index contributed by atoms with van der Waals surface area (Å²) in [5.41, 5.74) is -0.0827. The van der Waals surface area contributed by atoms with Crippen molar-refractivity contribution in [2.24, 2.45) is 0 Å². The zero-order valence-electron chi connectivity index (χ0n) is 16.5. The standard InChI is InChI=1S/C21H22N4O5/c1-14-22-20(25-30-14)21(9-2-3-10-21)24-18(26)13-29-16-7-4-6-15(12-16)23-19(27)17-8-5-11-28-17/h4-8,11-12H,2-3,9-10,13H2,1H3,(H,23,27)(H,24,26). The van der Waals surface area contributed by atoms with Crippen LogP contribution in [-0.4, -0.2) is 28.6 Å². The highest BCUT2D eigenvalue weighted by Crippen LogP contribution is 2.37. The van der Waals surface area contributed by atoms with Crippen molar-refractivity contribution in [3.63, 3.8) is 0 Å². The summed E-state index contributed by atoms with van der Waals surface area (Å²) in [7, 11) is 0. The van der Waals surface area contributed by atoms with Gasteiger partial charge in [-0.2, -0.15) is 4.98 Å². The lowest BCUT2D eigenvalue weighted by molar-refractivity contribution is -0.125. The summed E-state index contributed by atoms with van der Waals surface area (Å²) >= 11 is 0. The van der Waals surface area contributed by atoms with Gasteiger partial charge in [0.05, 0.1) is 6.26 Å². The second kappa shape index (κ2) is 8.40. The van der Waals surface area contributed by atoms with Crippen molar-refractivity contribution in [2.45, 2.75) is 38.1 Å². The minimum absolute atomic E-state index is 0.172. The third-order valence-electron chi connectivity index (χ3n) is 5.00. The number of furan rings is 1. The van der Waals surface area contributed by atoms with Crippen LogP contribution in [0.3, 0.4) is 0 Å². The highest BCUT2D eigenvalue weighted by atomic mass is 16.5. The number of benzene rings is 1. The van der Waals surface area contributed by atoms with E-state index in [0.717, 1.165) is 25.7 Å². The Morgan fingerprint density at radius 2 is 2.03 bits per heavy atom. The molecule has 2 N–H and O–H groups in total. The number of aromatic nitrogens is 2. The van der Waals surface area contributed by atoms with Gasteiger partial charge >= 0.3 is 0 Å². The first-order valence-corrected chi connectivity index (χ1v) is 9.74. The number of ether oxygens (including phenoxy) is 1. The quantitative estimate of drug-likeness (QED) is 0.614. The van der Waals surface area contributed by atoms with Crippen molar-refractivity contribution in [1.29, 1.82) is 0 Å². The zero-order chi connectivity index (χ0) is 21.0. The molecular weight excluding hydrogens is 388 g/mol. The SMILES string of the molecule is Cc1nc(C2(NC(=O)COc3cccc(NC(=O)c4ccco4)c3)CCCC2)no1. The average Bonchev–Trinajstić information content (AvgIpc) is 3.49. The Balaban J connectivity index is 1.36. The monoisotopic (exact) mass is 410 g/mol. The van der Waals surface area contributed by atoms with Crippen molar-refractivity contribution in [3.05, 3.63) is 60.1 Å². The molecule has 0 aliphatic heterocycles. The molecular formula is C21H22N4O5. The smallest absolute Gasteiger partial charge is 0.291 e. The Morgan fingerprint density at radius 1 is 1.20 bits per heavy atom. The summed E-state index contributed by atoms with van der Waals surface area (Å²) in [6.45, 7) is 1.55. The van der Waals surface area contributed by atoms with Crippen LogP contribution in [-0.2, 0) is 10.3 Å². The van der Waals surface area contributed by atoms with Crippen molar-refractivity contribution < 1.29 is 23.3 Å². The van der Waals surface area contributed by atoms with E-state index in [4.69, 9.17) is 13.7 Å². The zero-order valence-corrected chi connectivity index (χ0v) is 16.5. The summed E-state index contributed by atoms with van der Waals surface area (Å²) in [6, 6.07) is 10.0. The lowest BCUT2D eigenvalue weighted by Gasteiger charge is -2.26. The normalized spacial score (nSPS) is 15.0. The second-order valence-corrected chi connectivity index (χ2v) is 7.22. The molecule has 1 aromatic carbocycles. The van der Waals surface area contributed by atoms with Crippen molar-refractivity contribution in [2.75, 3.05) is 11.9 Å². The molecule has 2 amide bonds. The maximum absolute atomic E-state index is 12.6. The Hall–Kier alpha value is -3.62. The number of aryl methyl sites for hydroxylation is 1. The maximum Gasteiger partial charge on any atom is 0.291 e. The van der Waals surface area contributed by atoms with E-state index in [1.54, 1.807) is 43.3 Å². The first-order chi connectivity index (χ1) is 14.5. The Kier molecular flexibility index (Phi) is 5.51. The van der Waals surface area contributed by atoms with Crippen LogP contribution in [0.15, 0.2) is 51.6 Å². The molecule has 0 spiro atoms. The number of amides is 2. The number of carbonyl (C=O) groups is 2. The largest absolute Gasteiger partial charge is 0.484 e. The fraction of sp³-hybridized carbons (Fsp3) is 0.333. The number of carbonyl (C=O) groups excluding carboxylic acids is 2. The summed E-state index contributed by atoms with van der Waals surface area (Å²) < 4.78 is 15.8. The fourth-order valence-electron chi connectivity index (χ4n) is 3.59. The minimum Gasteiger partial charge on any atom is -0.484 e. The number of nitrogens with one attached hydrogen (secondary N) is 2. The first kappa shape index (κ1) is 19.7. The number of rotatable bonds is 7. The van der Waals surface area contributed by atoms with Crippen molar-refractivity contribution in [1.82, 2.24) is 15.5 Å². The molecule has 0 bridgehead atoms. The molecule has 0 saturated heterocycles. The van der Waals surface area contributed by atoms with E-state index in [-0.39, 0.29) is 24.2 Å². The Bertz CT molecular complexity index is 1020. The van der Waals surface area contributed by atoms with Crippen LogP contribution < -0.4 is 15.4 Å².